The van der Waals surface area contributed by atoms with Crippen molar-refractivity contribution < 1.29 is 14.4 Å². The van der Waals surface area contributed by atoms with E-state index in [9.17, 15) is 14.4 Å². The van der Waals surface area contributed by atoms with Crippen molar-refractivity contribution in [2.75, 3.05) is 19.6 Å². The van der Waals surface area contributed by atoms with Gasteiger partial charge in [-0.15, -0.1) is 0 Å². The predicted molar refractivity (Wildman–Crippen MR) is 101 cm³/mol. The van der Waals surface area contributed by atoms with E-state index >= 15 is 0 Å². The summed E-state index contributed by atoms with van der Waals surface area (Å²) >= 11 is 0. The Kier molecular flexibility index (Phi) is 7.18. The van der Waals surface area contributed by atoms with Gasteiger partial charge in [0.25, 0.3) is 5.91 Å². The third-order valence-electron chi connectivity index (χ3n) is 4.70. The van der Waals surface area contributed by atoms with Crippen LogP contribution in [0.15, 0.2) is 24.3 Å². The van der Waals surface area contributed by atoms with E-state index in [4.69, 9.17) is 0 Å². The number of nitrogens with zero attached hydrogens (tertiary/aromatic N) is 1. The van der Waals surface area contributed by atoms with Crippen LogP contribution in [-0.2, 0) is 9.59 Å². The van der Waals surface area contributed by atoms with Crippen LogP contribution in [0.2, 0.25) is 0 Å². The van der Waals surface area contributed by atoms with Gasteiger partial charge in [-0.1, -0.05) is 32.0 Å². The van der Waals surface area contributed by atoms with Gasteiger partial charge in [-0.3, -0.25) is 14.4 Å². The smallest absolute Gasteiger partial charge is 0.252 e. The number of benzene rings is 1. The zero-order chi connectivity index (χ0) is 19.1. The van der Waals surface area contributed by atoms with Gasteiger partial charge in [0.15, 0.2) is 0 Å². The van der Waals surface area contributed by atoms with Gasteiger partial charge in [0.05, 0.1) is 0 Å². The SMILES string of the molecule is Cc1ccccc1C(=O)NC(C(=O)NCCCN1CCCC1=O)C(C)C. The molecule has 26 heavy (non-hydrogen) atoms. The van der Waals surface area contributed by atoms with Crippen molar-refractivity contribution in [2.24, 2.45) is 5.92 Å². The maximum atomic E-state index is 12.5. The predicted octanol–water partition coefficient (Wildman–Crippen LogP) is 1.88. The summed E-state index contributed by atoms with van der Waals surface area (Å²) in [4.78, 5) is 38.4. The fourth-order valence-electron chi connectivity index (χ4n) is 3.11. The van der Waals surface area contributed by atoms with Gasteiger partial charge in [0, 0.05) is 31.6 Å². The summed E-state index contributed by atoms with van der Waals surface area (Å²) in [5, 5.41) is 5.73. The Balaban J connectivity index is 1.84. The molecule has 2 rings (SSSR count). The van der Waals surface area contributed by atoms with Gasteiger partial charge < -0.3 is 15.5 Å². The first-order chi connectivity index (χ1) is 12.4. The molecule has 0 radical (unpaired) electrons. The van der Waals surface area contributed by atoms with Gasteiger partial charge in [-0.05, 0) is 37.3 Å². The van der Waals surface area contributed by atoms with Crippen LogP contribution >= 0.6 is 0 Å². The second-order valence-corrected chi connectivity index (χ2v) is 7.14. The van der Waals surface area contributed by atoms with E-state index in [2.05, 4.69) is 10.6 Å². The lowest BCUT2D eigenvalue weighted by atomic mass is 10.0. The summed E-state index contributed by atoms with van der Waals surface area (Å²) in [7, 11) is 0. The fourth-order valence-corrected chi connectivity index (χ4v) is 3.11. The fraction of sp³-hybridized carbons (Fsp3) is 0.550. The van der Waals surface area contributed by atoms with Crippen molar-refractivity contribution >= 4 is 17.7 Å². The van der Waals surface area contributed by atoms with Crippen LogP contribution in [0.4, 0.5) is 0 Å². The van der Waals surface area contributed by atoms with Gasteiger partial charge in [0.1, 0.15) is 6.04 Å². The number of amides is 3. The minimum atomic E-state index is -0.587. The van der Waals surface area contributed by atoms with Gasteiger partial charge in [-0.25, -0.2) is 0 Å². The van der Waals surface area contributed by atoms with E-state index in [0.29, 0.717) is 31.5 Å². The van der Waals surface area contributed by atoms with Crippen LogP contribution in [0.3, 0.4) is 0 Å². The molecule has 1 atom stereocenters. The molecule has 0 spiro atoms. The largest absolute Gasteiger partial charge is 0.354 e. The minimum absolute atomic E-state index is 0.0249. The Bertz CT molecular complexity index is 657. The number of rotatable bonds is 8. The van der Waals surface area contributed by atoms with Crippen molar-refractivity contribution in [3.05, 3.63) is 35.4 Å². The lowest BCUT2D eigenvalue weighted by Gasteiger charge is -2.22. The van der Waals surface area contributed by atoms with Crippen LogP contribution in [0, 0.1) is 12.8 Å². The molecule has 6 heteroatoms. The molecule has 2 N–H and O–H groups in total. The Hall–Kier alpha value is -2.37. The standard InChI is InChI=1S/C20H29N3O3/c1-14(2)18(22-19(25)16-9-5-4-8-15(16)3)20(26)21-11-7-13-23-12-6-10-17(23)24/h4-5,8-9,14,18H,6-7,10-13H2,1-3H3,(H,21,26)(H,22,25). The summed E-state index contributed by atoms with van der Waals surface area (Å²) in [6.45, 7) is 7.66. The Morgan fingerprint density at radius 2 is 1.96 bits per heavy atom. The molecule has 3 amide bonds. The molecule has 0 bridgehead atoms. The quantitative estimate of drug-likeness (QED) is 0.696. The Morgan fingerprint density at radius 1 is 1.23 bits per heavy atom. The highest BCUT2D eigenvalue weighted by Crippen LogP contribution is 2.10. The molecule has 1 fully saturated rings. The molecular weight excluding hydrogens is 330 g/mol. The maximum Gasteiger partial charge on any atom is 0.252 e. The maximum absolute atomic E-state index is 12.5. The molecule has 1 aromatic rings. The second-order valence-electron chi connectivity index (χ2n) is 7.14. The van der Waals surface area contributed by atoms with E-state index in [0.717, 1.165) is 18.5 Å². The first-order valence-electron chi connectivity index (χ1n) is 9.32. The van der Waals surface area contributed by atoms with E-state index in [1.165, 1.54) is 0 Å². The monoisotopic (exact) mass is 359 g/mol. The highest BCUT2D eigenvalue weighted by atomic mass is 16.2. The van der Waals surface area contributed by atoms with Crippen molar-refractivity contribution in [1.29, 1.82) is 0 Å². The number of aryl methyl sites for hydroxylation is 1. The average Bonchev–Trinajstić information content (AvgIpc) is 3.01. The minimum Gasteiger partial charge on any atom is -0.354 e. The summed E-state index contributed by atoms with van der Waals surface area (Å²) in [5.41, 5.74) is 1.46. The molecule has 1 aliphatic heterocycles. The molecule has 1 heterocycles. The Morgan fingerprint density at radius 3 is 2.58 bits per heavy atom. The number of nitrogens with one attached hydrogen (secondary N) is 2. The van der Waals surface area contributed by atoms with Gasteiger partial charge in [0.2, 0.25) is 11.8 Å². The number of likely N-dealkylation sites (tertiary alicyclic amines) is 1. The summed E-state index contributed by atoms with van der Waals surface area (Å²) in [5.74, 6) is -0.251. The van der Waals surface area contributed by atoms with E-state index in [1.807, 2.05) is 43.9 Å². The van der Waals surface area contributed by atoms with Crippen LogP contribution in [0.5, 0.6) is 0 Å². The number of carbonyl (C=O) groups is 3. The third kappa shape index (κ3) is 5.31. The highest BCUT2D eigenvalue weighted by Gasteiger charge is 2.25. The molecule has 0 aromatic heterocycles. The molecular formula is C20H29N3O3. The topological polar surface area (TPSA) is 78.5 Å². The van der Waals surface area contributed by atoms with Crippen LogP contribution in [0.1, 0.15) is 49.0 Å². The molecule has 6 nitrogen and oxygen atoms in total. The molecule has 1 aliphatic rings. The van der Waals surface area contributed by atoms with Crippen LogP contribution < -0.4 is 10.6 Å². The van der Waals surface area contributed by atoms with Crippen molar-refractivity contribution in [3.63, 3.8) is 0 Å². The van der Waals surface area contributed by atoms with Crippen molar-refractivity contribution in [3.8, 4) is 0 Å². The molecule has 0 saturated carbocycles. The lowest BCUT2D eigenvalue weighted by molar-refractivity contribution is -0.127. The zero-order valence-corrected chi connectivity index (χ0v) is 15.9. The second kappa shape index (κ2) is 9.36. The molecule has 1 aromatic carbocycles. The zero-order valence-electron chi connectivity index (χ0n) is 15.9. The molecule has 142 valence electrons. The Labute approximate surface area is 155 Å². The summed E-state index contributed by atoms with van der Waals surface area (Å²) in [6, 6.07) is 6.73. The number of hydrogen-bond acceptors (Lipinski definition) is 3. The molecule has 1 unspecified atom stereocenters. The van der Waals surface area contributed by atoms with Gasteiger partial charge >= 0.3 is 0 Å². The van der Waals surface area contributed by atoms with Gasteiger partial charge in [-0.2, -0.15) is 0 Å². The first-order valence-corrected chi connectivity index (χ1v) is 9.32. The van der Waals surface area contributed by atoms with Crippen LogP contribution in [0.25, 0.3) is 0 Å². The van der Waals surface area contributed by atoms with E-state index in [-0.39, 0.29) is 23.6 Å². The average molecular weight is 359 g/mol. The van der Waals surface area contributed by atoms with E-state index in [1.54, 1.807) is 6.07 Å². The summed E-state index contributed by atoms with van der Waals surface area (Å²) < 4.78 is 0. The summed E-state index contributed by atoms with van der Waals surface area (Å²) in [6.07, 6.45) is 2.27. The molecule has 0 aliphatic carbocycles. The highest BCUT2D eigenvalue weighted by molar-refractivity contribution is 5.98. The van der Waals surface area contributed by atoms with Crippen molar-refractivity contribution in [1.82, 2.24) is 15.5 Å². The van der Waals surface area contributed by atoms with Crippen molar-refractivity contribution in [2.45, 2.75) is 46.1 Å². The third-order valence-corrected chi connectivity index (χ3v) is 4.70. The van der Waals surface area contributed by atoms with Crippen LogP contribution in [-0.4, -0.2) is 48.3 Å². The number of hydrogen-bond donors (Lipinski definition) is 2. The lowest BCUT2D eigenvalue weighted by Crippen LogP contribution is -2.50. The van der Waals surface area contributed by atoms with E-state index < -0.39 is 6.04 Å². The normalized spacial score (nSPS) is 15.2. The first kappa shape index (κ1) is 19.9. The number of carbonyl (C=O) groups excluding carboxylic acids is 3. The molecule has 1 saturated heterocycles.